The van der Waals surface area contributed by atoms with Crippen LogP contribution >= 0.6 is 0 Å². The summed E-state index contributed by atoms with van der Waals surface area (Å²) in [5.74, 6) is 3.26. The van der Waals surface area contributed by atoms with E-state index >= 15 is 0 Å². The lowest BCUT2D eigenvalue weighted by atomic mass is 10.1. The maximum atomic E-state index is 5.53. The average Bonchev–Trinajstić information content (AvgIpc) is 2.69. The Hall–Kier alpha value is -2.04. The lowest BCUT2D eigenvalue weighted by Crippen LogP contribution is -2.09. The number of furan rings is 1. The smallest absolute Gasteiger partial charge is 0.224 e. The van der Waals surface area contributed by atoms with Crippen molar-refractivity contribution in [3.63, 3.8) is 0 Å². The van der Waals surface area contributed by atoms with Gasteiger partial charge in [0, 0.05) is 18.8 Å². The van der Waals surface area contributed by atoms with Crippen molar-refractivity contribution in [2.45, 2.75) is 26.8 Å². The summed E-state index contributed by atoms with van der Waals surface area (Å²) in [5.41, 5.74) is 1.15. The lowest BCUT2D eigenvalue weighted by molar-refractivity contribution is 0.500. The Bertz CT molecular complexity index is 536. The van der Waals surface area contributed by atoms with Gasteiger partial charge in [0.25, 0.3) is 0 Å². The quantitative estimate of drug-likeness (QED) is 0.868. The average molecular weight is 246 g/mol. The number of nitrogens with zero attached hydrogens (tertiary/aromatic N) is 2. The first-order valence-electron chi connectivity index (χ1n) is 5.94. The van der Waals surface area contributed by atoms with E-state index < -0.39 is 0 Å². The molecule has 0 fully saturated rings. The van der Waals surface area contributed by atoms with Crippen molar-refractivity contribution in [3.05, 3.63) is 35.4 Å². The molecule has 1 unspecified atom stereocenters. The van der Waals surface area contributed by atoms with Crippen molar-refractivity contribution in [2.75, 3.05) is 17.7 Å². The molecule has 0 amide bonds. The van der Waals surface area contributed by atoms with Crippen molar-refractivity contribution in [3.8, 4) is 0 Å². The van der Waals surface area contributed by atoms with Crippen LogP contribution in [0.3, 0.4) is 0 Å². The SMILES string of the molecule is CNc1nccc(NC(C)c2cc(C)oc2C)n1. The molecule has 18 heavy (non-hydrogen) atoms. The standard InChI is InChI=1S/C13H18N4O/c1-8-7-11(10(3)18-8)9(2)16-12-5-6-15-13(14-4)17-12/h5-7,9H,1-4H3,(H2,14,15,16,17). The maximum absolute atomic E-state index is 5.53. The molecular weight excluding hydrogens is 228 g/mol. The first-order valence-corrected chi connectivity index (χ1v) is 5.94. The predicted molar refractivity (Wildman–Crippen MR) is 71.8 cm³/mol. The van der Waals surface area contributed by atoms with Gasteiger partial charge in [-0.3, -0.25) is 0 Å². The number of aromatic nitrogens is 2. The summed E-state index contributed by atoms with van der Waals surface area (Å²) in [6, 6.07) is 4.04. The molecule has 0 saturated carbocycles. The van der Waals surface area contributed by atoms with E-state index in [1.54, 1.807) is 13.2 Å². The minimum atomic E-state index is 0.141. The summed E-state index contributed by atoms with van der Waals surface area (Å²) >= 11 is 0. The van der Waals surface area contributed by atoms with Gasteiger partial charge in [0.05, 0.1) is 6.04 Å². The van der Waals surface area contributed by atoms with Crippen LogP contribution in [0, 0.1) is 13.8 Å². The van der Waals surface area contributed by atoms with E-state index in [9.17, 15) is 0 Å². The highest BCUT2D eigenvalue weighted by Crippen LogP contribution is 2.24. The number of hydrogen-bond donors (Lipinski definition) is 2. The molecule has 0 bridgehead atoms. The van der Waals surface area contributed by atoms with E-state index in [0.29, 0.717) is 5.95 Å². The number of anilines is 2. The second-order valence-electron chi connectivity index (χ2n) is 4.25. The van der Waals surface area contributed by atoms with Crippen LogP contribution in [-0.2, 0) is 0 Å². The van der Waals surface area contributed by atoms with Gasteiger partial charge in [-0.2, -0.15) is 4.98 Å². The zero-order chi connectivity index (χ0) is 13.1. The fraction of sp³-hybridized carbons (Fsp3) is 0.385. The summed E-state index contributed by atoms with van der Waals surface area (Å²) < 4.78 is 5.53. The molecule has 2 heterocycles. The van der Waals surface area contributed by atoms with Gasteiger partial charge in [-0.1, -0.05) is 0 Å². The van der Waals surface area contributed by atoms with Gasteiger partial charge in [0.2, 0.25) is 5.95 Å². The van der Waals surface area contributed by atoms with Crippen LogP contribution in [0.5, 0.6) is 0 Å². The fourth-order valence-electron chi connectivity index (χ4n) is 1.94. The van der Waals surface area contributed by atoms with E-state index in [1.165, 1.54) is 0 Å². The highest BCUT2D eigenvalue weighted by atomic mass is 16.3. The highest BCUT2D eigenvalue weighted by molar-refractivity contribution is 5.42. The third-order valence-electron chi connectivity index (χ3n) is 2.79. The monoisotopic (exact) mass is 246 g/mol. The van der Waals surface area contributed by atoms with Crippen LogP contribution in [0.4, 0.5) is 11.8 Å². The molecule has 0 aliphatic rings. The van der Waals surface area contributed by atoms with Crippen molar-refractivity contribution in [1.82, 2.24) is 9.97 Å². The van der Waals surface area contributed by atoms with Crippen molar-refractivity contribution in [2.24, 2.45) is 0 Å². The van der Waals surface area contributed by atoms with Crippen molar-refractivity contribution in [1.29, 1.82) is 0 Å². The minimum Gasteiger partial charge on any atom is -0.466 e. The molecule has 5 nitrogen and oxygen atoms in total. The van der Waals surface area contributed by atoms with Crippen LogP contribution in [0.2, 0.25) is 0 Å². The van der Waals surface area contributed by atoms with Gasteiger partial charge < -0.3 is 15.1 Å². The molecule has 0 aliphatic carbocycles. The molecule has 0 radical (unpaired) electrons. The van der Waals surface area contributed by atoms with Crippen LogP contribution < -0.4 is 10.6 Å². The third-order valence-corrected chi connectivity index (χ3v) is 2.79. The topological polar surface area (TPSA) is 63.0 Å². The summed E-state index contributed by atoms with van der Waals surface area (Å²) in [4.78, 5) is 8.41. The highest BCUT2D eigenvalue weighted by Gasteiger charge is 2.13. The Labute approximate surface area is 107 Å². The van der Waals surface area contributed by atoms with Crippen LogP contribution in [0.15, 0.2) is 22.7 Å². The van der Waals surface area contributed by atoms with E-state index in [2.05, 4.69) is 27.5 Å². The van der Waals surface area contributed by atoms with Crippen LogP contribution in [0.1, 0.15) is 30.0 Å². The molecule has 0 aromatic carbocycles. The normalized spacial score (nSPS) is 12.2. The summed E-state index contributed by atoms with van der Waals surface area (Å²) in [5, 5.41) is 6.25. The molecule has 2 aromatic rings. The number of hydrogen-bond acceptors (Lipinski definition) is 5. The van der Waals surface area contributed by atoms with Gasteiger partial charge in [0.1, 0.15) is 17.3 Å². The zero-order valence-corrected chi connectivity index (χ0v) is 11.1. The van der Waals surface area contributed by atoms with Crippen LogP contribution in [-0.4, -0.2) is 17.0 Å². The Morgan fingerprint density at radius 1 is 1.33 bits per heavy atom. The van der Waals surface area contributed by atoms with Gasteiger partial charge in [-0.25, -0.2) is 4.98 Å². The van der Waals surface area contributed by atoms with Gasteiger partial charge >= 0.3 is 0 Å². The molecule has 96 valence electrons. The van der Waals surface area contributed by atoms with E-state index in [0.717, 1.165) is 22.9 Å². The second kappa shape index (κ2) is 5.08. The molecule has 0 aliphatic heterocycles. The third kappa shape index (κ3) is 2.61. The number of rotatable bonds is 4. The molecule has 2 rings (SSSR count). The minimum absolute atomic E-state index is 0.141. The number of nitrogens with one attached hydrogen (secondary N) is 2. The predicted octanol–water partition coefficient (Wildman–Crippen LogP) is 2.90. The summed E-state index contributed by atoms with van der Waals surface area (Å²) in [6.45, 7) is 6.00. The molecule has 2 N–H and O–H groups in total. The van der Waals surface area contributed by atoms with Gasteiger partial charge in [-0.05, 0) is 32.9 Å². The Morgan fingerprint density at radius 2 is 2.11 bits per heavy atom. The van der Waals surface area contributed by atoms with Crippen LogP contribution in [0.25, 0.3) is 0 Å². The van der Waals surface area contributed by atoms with Gasteiger partial charge in [0.15, 0.2) is 0 Å². The number of aryl methyl sites for hydroxylation is 2. The first kappa shape index (κ1) is 12.4. The summed E-state index contributed by atoms with van der Waals surface area (Å²) in [7, 11) is 1.80. The lowest BCUT2D eigenvalue weighted by Gasteiger charge is -2.14. The molecule has 0 spiro atoms. The van der Waals surface area contributed by atoms with Gasteiger partial charge in [-0.15, -0.1) is 0 Å². The maximum Gasteiger partial charge on any atom is 0.224 e. The molecule has 2 aromatic heterocycles. The fourth-order valence-corrected chi connectivity index (χ4v) is 1.94. The van der Waals surface area contributed by atoms with E-state index in [4.69, 9.17) is 4.42 Å². The Kier molecular flexibility index (Phi) is 3.50. The molecule has 5 heteroatoms. The molecule has 1 atom stereocenters. The molecule has 0 saturated heterocycles. The zero-order valence-electron chi connectivity index (χ0n) is 11.1. The summed E-state index contributed by atoms with van der Waals surface area (Å²) in [6.07, 6.45) is 1.72. The van der Waals surface area contributed by atoms with E-state index in [1.807, 2.05) is 26.0 Å². The van der Waals surface area contributed by atoms with E-state index in [-0.39, 0.29) is 6.04 Å². The van der Waals surface area contributed by atoms with Crippen molar-refractivity contribution < 1.29 is 4.42 Å². The largest absolute Gasteiger partial charge is 0.466 e. The first-order chi connectivity index (χ1) is 8.60. The Morgan fingerprint density at radius 3 is 2.72 bits per heavy atom. The molecular formula is C13H18N4O. The Balaban J connectivity index is 2.15. The van der Waals surface area contributed by atoms with Crippen molar-refractivity contribution >= 4 is 11.8 Å². The second-order valence-corrected chi connectivity index (χ2v) is 4.25.